The Labute approximate surface area is 319 Å². The van der Waals surface area contributed by atoms with E-state index in [1.54, 1.807) is 25.0 Å². The first-order valence-electron chi connectivity index (χ1n) is 17.4. The second-order valence-electron chi connectivity index (χ2n) is 12.1. The zero-order valence-electron chi connectivity index (χ0n) is 29.9. The molecule has 0 aliphatic carbocycles. The Morgan fingerprint density at radius 3 is 1.57 bits per heavy atom. The number of nitrogens with one attached hydrogen (secondary N) is 7. The van der Waals surface area contributed by atoms with Crippen LogP contribution in [-0.2, 0) is 0 Å². The van der Waals surface area contributed by atoms with E-state index in [1.165, 1.54) is 0 Å². The fraction of sp³-hybridized carbons (Fsp3) is 0.0250. The summed E-state index contributed by atoms with van der Waals surface area (Å²) in [4.78, 5) is 26.0. The average molecular weight is 739 g/mol. The van der Waals surface area contributed by atoms with Crippen LogP contribution in [0.1, 0.15) is 5.69 Å². The van der Waals surface area contributed by atoms with Gasteiger partial charge in [-0.3, -0.25) is 15.3 Å². The van der Waals surface area contributed by atoms with E-state index in [0.29, 0.717) is 5.95 Å². The van der Waals surface area contributed by atoms with Crippen molar-refractivity contribution >= 4 is 79.3 Å². The van der Waals surface area contributed by atoms with Gasteiger partial charge in [0.05, 0.1) is 28.9 Å². The number of hydrogen-bond donors (Lipinski definition) is 7. The fourth-order valence-electron chi connectivity index (χ4n) is 5.60. The van der Waals surface area contributed by atoms with E-state index >= 15 is 0 Å². The molecule has 16 heteroatoms. The molecule has 10 aromatic rings. The molecule has 0 amide bonds. The molecule has 0 saturated carbocycles. The quantitative estimate of drug-likeness (QED) is 0.0782. The summed E-state index contributed by atoms with van der Waals surface area (Å²) in [5, 5.41) is 36.2. The lowest BCUT2D eigenvalue weighted by atomic mass is 10.2. The van der Waals surface area contributed by atoms with Crippen LogP contribution in [0.25, 0.3) is 32.7 Å². The summed E-state index contributed by atoms with van der Waals surface area (Å²) in [6.07, 6.45) is 6.46. The number of benzene rings is 4. The summed E-state index contributed by atoms with van der Waals surface area (Å²) in [6.45, 7) is 1.95. The maximum atomic E-state index is 4.59. The lowest BCUT2D eigenvalue weighted by Gasteiger charge is -2.10. The van der Waals surface area contributed by atoms with Gasteiger partial charge in [-0.15, -0.1) is 0 Å². The topological polar surface area (TPSA) is 212 Å². The highest BCUT2D eigenvalue weighted by Crippen LogP contribution is 2.26. The van der Waals surface area contributed by atoms with Crippen molar-refractivity contribution in [3.63, 3.8) is 0 Å². The van der Waals surface area contributed by atoms with Crippen LogP contribution >= 0.6 is 0 Å². The number of aromatic nitrogens is 12. The van der Waals surface area contributed by atoms with Crippen molar-refractivity contribution in [3.05, 3.63) is 152 Å². The van der Waals surface area contributed by atoms with Crippen LogP contribution in [-0.4, -0.2) is 60.5 Å². The molecule has 10 rings (SSSR count). The molecule has 0 bridgehead atoms. The maximum Gasteiger partial charge on any atom is 0.229 e. The van der Waals surface area contributed by atoms with Crippen LogP contribution in [0.15, 0.2) is 146 Å². The molecular weight excluding hydrogens is 705 g/mol. The van der Waals surface area contributed by atoms with Gasteiger partial charge in [-0.2, -0.15) is 20.3 Å². The Morgan fingerprint density at radius 1 is 0.464 bits per heavy atom. The zero-order valence-corrected chi connectivity index (χ0v) is 29.9. The molecule has 7 N–H and O–H groups in total. The van der Waals surface area contributed by atoms with Crippen molar-refractivity contribution in [1.82, 2.24) is 60.5 Å². The smallest absolute Gasteiger partial charge is 0.229 e. The molecule has 56 heavy (non-hydrogen) atoms. The molecule has 0 aliphatic rings. The Balaban J connectivity index is 0.000000121. The molecule has 0 radical (unpaired) electrons. The van der Waals surface area contributed by atoms with Crippen molar-refractivity contribution in [1.29, 1.82) is 0 Å². The molecule has 6 aromatic heterocycles. The summed E-state index contributed by atoms with van der Waals surface area (Å²) in [5.41, 5.74) is 4.64. The summed E-state index contributed by atoms with van der Waals surface area (Å²) >= 11 is 0. The second kappa shape index (κ2) is 16.6. The van der Waals surface area contributed by atoms with E-state index < -0.39 is 0 Å². The number of aryl methyl sites for hydroxylation is 1. The number of nitrogens with zero attached hydrogens (tertiary/aromatic N) is 9. The van der Waals surface area contributed by atoms with E-state index in [4.69, 9.17) is 0 Å². The number of fused-ring (bicyclic) bond motifs is 3. The third-order valence-corrected chi connectivity index (χ3v) is 8.18. The number of aromatic amines is 3. The van der Waals surface area contributed by atoms with Gasteiger partial charge in [0, 0.05) is 45.7 Å². The van der Waals surface area contributed by atoms with Gasteiger partial charge < -0.3 is 21.3 Å². The number of H-pyrrole nitrogens is 3. The van der Waals surface area contributed by atoms with Gasteiger partial charge in [0.25, 0.3) is 0 Å². The Hall–Kier alpha value is -8.27. The standard InChI is InChI=1S/C17H14N6.C12H11N5.C11H9N5/c1-2-6-12(7-3-1)19-17-20-14-9-5-4-8-13(14)16(22-17)21-15-10-11-18-23-15;1-8-6-11(17-16-8)15-12-9-4-2-3-5-10(9)13-7-14-12;1-2-4-9-8(3-1)11(13-7-12-9)15-10-5-6-14-16-10/h1-11H,(H3,18,19,20,21,22,23);2-7H,1H3,(H2,13,14,15,16,17);1-7H,(H2,12,13,14,15,16). The van der Waals surface area contributed by atoms with Gasteiger partial charge >= 0.3 is 0 Å². The molecule has 0 fully saturated rings. The molecule has 0 atom stereocenters. The van der Waals surface area contributed by atoms with Crippen molar-refractivity contribution < 1.29 is 0 Å². The van der Waals surface area contributed by atoms with Gasteiger partial charge in [0.15, 0.2) is 5.82 Å². The summed E-state index contributed by atoms with van der Waals surface area (Å²) in [6, 6.07) is 39.1. The molecule has 0 aliphatic heterocycles. The summed E-state index contributed by atoms with van der Waals surface area (Å²) in [5.74, 6) is 5.14. The first-order chi connectivity index (χ1) is 27.6. The molecule has 0 spiro atoms. The SMILES string of the molecule is Cc1cc(Nc2ncnc3ccccc23)n[nH]1.c1ccc(Nc2nc(Nc3ccn[nH]3)c3ccccc3n2)cc1.c1ccc2c(Nc3ccn[nH]3)ncnc2c1. The number of para-hydroxylation sites is 4. The highest BCUT2D eigenvalue weighted by atomic mass is 15.2. The van der Waals surface area contributed by atoms with Gasteiger partial charge in [-0.1, -0.05) is 54.6 Å². The van der Waals surface area contributed by atoms with Crippen LogP contribution in [0.5, 0.6) is 0 Å². The van der Waals surface area contributed by atoms with E-state index in [1.807, 2.05) is 128 Å². The molecule has 6 heterocycles. The second-order valence-corrected chi connectivity index (χ2v) is 12.1. The van der Waals surface area contributed by atoms with Gasteiger partial charge in [0.1, 0.15) is 41.7 Å². The molecular formula is C40H34N16. The van der Waals surface area contributed by atoms with Crippen molar-refractivity contribution in [2.75, 3.05) is 21.3 Å². The van der Waals surface area contributed by atoms with E-state index in [0.717, 1.165) is 79.0 Å². The molecule has 4 aromatic carbocycles. The first-order valence-corrected chi connectivity index (χ1v) is 17.4. The third-order valence-electron chi connectivity index (χ3n) is 8.18. The minimum absolute atomic E-state index is 0.539. The van der Waals surface area contributed by atoms with Crippen molar-refractivity contribution in [2.24, 2.45) is 0 Å². The molecule has 16 nitrogen and oxygen atoms in total. The highest BCUT2D eigenvalue weighted by Gasteiger charge is 2.09. The monoisotopic (exact) mass is 738 g/mol. The molecule has 0 saturated heterocycles. The highest BCUT2D eigenvalue weighted by molar-refractivity contribution is 5.92. The van der Waals surface area contributed by atoms with E-state index in [2.05, 4.69) is 81.8 Å². The van der Waals surface area contributed by atoms with Gasteiger partial charge in [0.2, 0.25) is 5.95 Å². The summed E-state index contributed by atoms with van der Waals surface area (Å²) < 4.78 is 0. The lowest BCUT2D eigenvalue weighted by molar-refractivity contribution is 1.05. The lowest BCUT2D eigenvalue weighted by Crippen LogP contribution is -2.02. The van der Waals surface area contributed by atoms with Crippen LogP contribution in [0.3, 0.4) is 0 Å². The Kier molecular flexibility index (Phi) is 10.3. The van der Waals surface area contributed by atoms with Crippen LogP contribution in [0.4, 0.5) is 46.5 Å². The predicted octanol–water partition coefficient (Wildman–Crippen LogP) is 8.34. The normalized spacial score (nSPS) is 10.6. The fourth-order valence-corrected chi connectivity index (χ4v) is 5.60. The largest absolute Gasteiger partial charge is 0.325 e. The Morgan fingerprint density at radius 2 is 1.00 bits per heavy atom. The van der Waals surface area contributed by atoms with E-state index in [-0.39, 0.29) is 0 Å². The maximum absolute atomic E-state index is 4.59. The summed E-state index contributed by atoms with van der Waals surface area (Å²) in [7, 11) is 0. The van der Waals surface area contributed by atoms with E-state index in [9.17, 15) is 0 Å². The average Bonchev–Trinajstić information content (AvgIpc) is 4.04. The van der Waals surface area contributed by atoms with Gasteiger partial charge in [-0.25, -0.2) is 24.9 Å². The molecule has 0 unspecified atom stereocenters. The van der Waals surface area contributed by atoms with Crippen LogP contribution in [0, 0.1) is 6.92 Å². The van der Waals surface area contributed by atoms with Crippen LogP contribution < -0.4 is 21.3 Å². The number of rotatable bonds is 8. The molecule has 274 valence electrons. The zero-order chi connectivity index (χ0) is 37.9. The number of hydrogen-bond acceptors (Lipinski definition) is 13. The first kappa shape index (κ1) is 34.8. The predicted molar refractivity (Wildman–Crippen MR) is 219 cm³/mol. The number of anilines is 8. The van der Waals surface area contributed by atoms with Crippen molar-refractivity contribution in [2.45, 2.75) is 6.92 Å². The van der Waals surface area contributed by atoms with Crippen molar-refractivity contribution in [3.8, 4) is 0 Å². The minimum Gasteiger partial charge on any atom is -0.325 e. The third kappa shape index (κ3) is 8.50. The van der Waals surface area contributed by atoms with Crippen LogP contribution in [0.2, 0.25) is 0 Å². The van der Waals surface area contributed by atoms with Gasteiger partial charge in [-0.05, 0) is 55.5 Å². The minimum atomic E-state index is 0.539. The Bertz CT molecular complexity index is 2770.